The van der Waals surface area contributed by atoms with Crippen LogP contribution in [0, 0.1) is 11.8 Å². The SMILES string of the molecule is CC(C(=O)Nc1cccc(NC(=O)c2cccc(C(F)(F)F)c2)c1)C1CNC1.Cl. The summed E-state index contributed by atoms with van der Waals surface area (Å²) in [5, 5.41) is 8.49. The number of benzene rings is 2. The molecule has 2 amide bonds. The number of nitrogens with one attached hydrogen (secondary N) is 3. The molecule has 1 unspecified atom stereocenters. The Balaban J connectivity index is 0.00000300. The van der Waals surface area contributed by atoms with Gasteiger partial charge in [0.2, 0.25) is 5.91 Å². The molecule has 2 aromatic carbocycles. The average Bonchev–Trinajstić information content (AvgIpc) is 2.60. The van der Waals surface area contributed by atoms with Gasteiger partial charge in [0, 0.05) is 22.9 Å². The van der Waals surface area contributed by atoms with Crippen LogP contribution in [-0.4, -0.2) is 24.9 Å². The number of alkyl halides is 3. The van der Waals surface area contributed by atoms with E-state index < -0.39 is 17.6 Å². The molecule has 0 bridgehead atoms. The van der Waals surface area contributed by atoms with Gasteiger partial charge in [-0.2, -0.15) is 13.2 Å². The minimum Gasteiger partial charge on any atom is -0.326 e. The van der Waals surface area contributed by atoms with Gasteiger partial charge >= 0.3 is 6.18 Å². The van der Waals surface area contributed by atoms with E-state index in [4.69, 9.17) is 0 Å². The number of rotatable bonds is 5. The van der Waals surface area contributed by atoms with E-state index in [1.807, 2.05) is 6.92 Å². The monoisotopic (exact) mass is 427 g/mol. The highest BCUT2D eigenvalue weighted by molar-refractivity contribution is 6.04. The van der Waals surface area contributed by atoms with Gasteiger partial charge in [-0.25, -0.2) is 0 Å². The molecular weight excluding hydrogens is 407 g/mol. The van der Waals surface area contributed by atoms with Gasteiger partial charge in [-0.1, -0.05) is 19.1 Å². The average molecular weight is 428 g/mol. The summed E-state index contributed by atoms with van der Waals surface area (Å²) in [7, 11) is 0. The molecule has 3 N–H and O–H groups in total. The maximum Gasteiger partial charge on any atom is 0.416 e. The van der Waals surface area contributed by atoms with Crippen LogP contribution in [-0.2, 0) is 11.0 Å². The molecule has 0 spiro atoms. The van der Waals surface area contributed by atoms with Crippen molar-refractivity contribution in [2.24, 2.45) is 11.8 Å². The maximum atomic E-state index is 12.8. The molecule has 1 atom stereocenters. The van der Waals surface area contributed by atoms with Crippen molar-refractivity contribution in [2.75, 3.05) is 23.7 Å². The van der Waals surface area contributed by atoms with Gasteiger partial charge in [-0.3, -0.25) is 9.59 Å². The molecule has 5 nitrogen and oxygen atoms in total. The molecule has 0 aliphatic carbocycles. The first-order valence-corrected chi connectivity index (χ1v) is 8.84. The van der Waals surface area contributed by atoms with Gasteiger partial charge in [0.25, 0.3) is 5.91 Å². The maximum absolute atomic E-state index is 12.8. The number of carbonyl (C=O) groups is 2. The van der Waals surface area contributed by atoms with Gasteiger partial charge in [0.15, 0.2) is 0 Å². The minimum atomic E-state index is -4.52. The highest BCUT2D eigenvalue weighted by atomic mass is 35.5. The molecule has 1 saturated heterocycles. The van der Waals surface area contributed by atoms with Crippen LogP contribution in [0.2, 0.25) is 0 Å². The van der Waals surface area contributed by atoms with E-state index in [9.17, 15) is 22.8 Å². The van der Waals surface area contributed by atoms with Crippen LogP contribution < -0.4 is 16.0 Å². The molecule has 1 aliphatic rings. The smallest absolute Gasteiger partial charge is 0.326 e. The van der Waals surface area contributed by atoms with Crippen molar-refractivity contribution in [3.05, 3.63) is 59.7 Å². The van der Waals surface area contributed by atoms with E-state index in [0.29, 0.717) is 17.3 Å². The lowest BCUT2D eigenvalue weighted by atomic mass is 9.88. The summed E-state index contributed by atoms with van der Waals surface area (Å²) >= 11 is 0. The molecule has 1 aliphatic heterocycles. The predicted molar refractivity (Wildman–Crippen MR) is 107 cm³/mol. The summed E-state index contributed by atoms with van der Waals surface area (Å²) in [6, 6.07) is 10.7. The molecular formula is C20H21ClF3N3O2. The fourth-order valence-electron chi connectivity index (χ4n) is 2.85. The van der Waals surface area contributed by atoms with Crippen molar-refractivity contribution in [1.82, 2.24) is 5.32 Å². The normalized spacial score (nSPS) is 14.9. The number of hydrogen-bond donors (Lipinski definition) is 3. The van der Waals surface area contributed by atoms with Gasteiger partial charge in [0.05, 0.1) is 5.56 Å². The highest BCUT2D eigenvalue weighted by Crippen LogP contribution is 2.29. The molecule has 0 radical (unpaired) electrons. The Morgan fingerprint density at radius 3 is 2.24 bits per heavy atom. The molecule has 156 valence electrons. The van der Waals surface area contributed by atoms with Crippen molar-refractivity contribution in [1.29, 1.82) is 0 Å². The third kappa shape index (κ3) is 5.71. The van der Waals surface area contributed by atoms with E-state index in [1.165, 1.54) is 12.1 Å². The largest absolute Gasteiger partial charge is 0.416 e. The number of anilines is 2. The van der Waals surface area contributed by atoms with Gasteiger partial charge in [-0.15, -0.1) is 12.4 Å². The Hall–Kier alpha value is -2.58. The third-order valence-corrected chi connectivity index (χ3v) is 4.77. The van der Waals surface area contributed by atoms with E-state index >= 15 is 0 Å². The van der Waals surface area contributed by atoms with Gasteiger partial charge < -0.3 is 16.0 Å². The van der Waals surface area contributed by atoms with Crippen LogP contribution in [0.5, 0.6) is 0 Å². The van der Waals surface area contributed by atoms with E-state index in [1.54, 1.807) is 24.3 Å². The summed E-state index contributed by atoms with van der Waals surface area (Å²) in [5.74, 6) is -0.634. The van der Waals surface area contributed by atoms with Crippen LogP contribution in [0.1, 0.15) is 22.8 Å². The van der Waals surface area contributed by atoms with E-state index in [2.05, 4.69) is 16.0 Å². The third-order valence-electron chi connectivity index (χ3n) is 4.77. The topological polar surface area (TPSA) is 70.2 Å². The molecule has 0 saturated carbocycles. The zero-order valence-corrected chi connectivity index (χ0v) is 16.4. The Labute approximate surface area is 172 Å². The van der Waals surface area contributed by atoms with Crippen molar-refractivity contribution in [3.63, 3.8) is 0 Å². The first kappa shape index (κ1) is 22.7. The van der Waals surface area contributed by atoms with E-state index in [-0.39, 0.29) is 29.8 Å². The fraction of sp³-hybridized carbons (Fsp3) is 0.300. The van der Waals surface area contributed by atoms with E-state index in [0.717, 1.165) is 25.2 Å². The summed E-state index contributed by atoms with van der Waals surface area (Å²) in [6.07, 6.45) is -4.52. The molecule has 0 aromatic heterocycles. The molecule has 9 heteroatoms. The first-order valence-electron chi connectivity index (χ1n) is 8.84. The van der Waals surface area contributed by atoms with Crippen LogP contribution >= 0.6 is 12.4 Å². The van der Waals surface area contributed by atoms with Crippen LogP contribution in [0.25, 0.3) is 0 Å². The summed E-state index contributed by atoms with van der Waals surface area (Å²) < 4.78 is 38.4. The summed E-state index contributed by atoms with van der Waals surface area (Å²) in [6.45, 7) is 3.48. The lowest BCUT2D eigenvalue weighted by Crippen LogP contribution is -2.48. The van der Waals surface area contributed by atoms with Crippen LogP contribution in [0.15, 0.2) is 48.5 Å². The van der Waals surface area contributed by atoms with Gasteiger partial charge in [0.1, 0.15) is 0 Å². The zero-order valence-electron chi connectivity index (χ0n) is 15.5. The zero-order chi connectivity index (χ0) is 20.3. The molecule has 29 heavy (non-hydrogen) atoms. The van der Waals surface area contributed by atoms with Crippen LogP contribution in [0.3, 0.4) is 0 Å². The highest BCUT2D eigenvalue weighted by Gasteiger charge is 2.31. The van der Waals surface area contributed by atoms with Crippen LogP contribution in [0.4, 0.5) is 24.5 Å². The lowest BCUT2D eigenvalue weighted by molar-refractivity contribution is -0.137. The quantitative estimate of drug-likeness (QED) is 0.670. The number of halogens is 4. The Bertz CT molecular complexity index is 885. The number of carbonyl (C=O) groups excluding carboxylic acids is 2. The number of amides is 2. The molecule has 1 fully saturated rings. The first-order chi connectivity index (χ1) is 13.2. The Kier molecular flexibility index (Phi) is 7.26. The summed E-state index contributed by atoms with van der Waals surface area (Å²) in [5.41, 5.74) is -0.111. The molecule has 1 heterocycles. The van der Waals surface area contributed by atoms with Crippen molar-refractivity contribution in [3.8, 4) is 0 Å². The van der Waals surface area contributed by atoms with Gasteiger partial charge in [-0.05, 0) is 55.4 Å². The lowest BCUT2D eigenvalue weighted by Gasteiger charge is -2.31. The standard InChI is InChI=1S/C20H20F3N3O2.ClH/c1-12(14-10-24-11-14)18(27)25-16-6-3-7-17(9-16)26-19(28)13-4-2-5-15(8-13)20(21,22)23;/h2-9,12,14,24H,10-11H2,1H3,(H,25,27)(H,26,28);1H. The Morgan fingerprint density at radius 2 is 1.66 bits per heavy atom. The summed E-state index contributed by atoms with van der Waals surface area (Å²) in [4.78, 5) is 24.6. The second-order valence-corrected chi connectivity index (χ2v) is 6.81. The molecule has 2 aromatic rings. The van der Waals surface area contributed by atoms with Crippen molar-refractivity contribution in [2.45, 2.75) is 13.1 Å². The van der Waals surface area contributed by atoms with Crippen molar-refractivity contribution >= 4 is 35.6 Å². The predicted octanol–water partition coefficient (Wildman–Crippen LogP) is 4.17. The second kappa shape index (κ2) is 9.28. The van der Waals surface area contributed by atoms with Crippen molar-refractivity contribution < 1.29 is 22.8 Å². The molecule has 3 rings (SSSR count). The minimum absolute atomic E-state index is 0. The fourth-order valence-corrected chi connectivity index (χ4v) is 2.85. The Morgan fingerprint density at radius 1 is 1.03 bits per heavy atom. The number of hydrogen-bond acceptors (Lipinski definition) is 3. The second-order valence-electron chi connectivity index (χ2n) is 6.81.